The van der Waals surface area contributed by atoms with E-state index in [-0.39, 0.29) is 0 Å². The van der Waals surface area contributed by atoms with Crippen LogP contribution in [0.15, 0.2) is 24.4 Å². The van der Waals surface area contributed by atoms with Gasteiger partial charge in [-0.2, -0.15) is 0 Å². The lowest BCUT2D eigenvalue weighted by atomic mass is 10.2. The Morgan fingerprint density at radius 1 is 1.25 bits per heavy atom. The monoisotopic (exact) mass is 161 g/mol. The van der Waals surface area contributed by atoms with Crippen LogP contribution in [0.25, 0.3) is 10.9 Å². The van der Waals surface area contributed by atoms with Crippen LogP contribution in [0.2, 0.25) is 0 Å². The summed E-state index contributed by atoms with van der Waals surface area (Å²) < 4.78 is 1.99. The predicted molar refractivity (Wildman–Crippen MR) is 51.7 cm³/mol. The van der Waals surface area contributed by atoms with E-state index in [4.69, 9.17) is 11.5 Å². The van der Waals surface area contributed by atoms with Gasteiger partial charge in [-0.05, 0) is 18.2 Å². The number of nitrogen functional groups attached to an aromatic ring is 2. The highest BCUT2D eigenvalue weighted by atomic mass is 14.9. The van der Waals surface area contributed by atoms with Crippen LogP contribution >= 0.6 is 0 Å². The maximum atomic E-state index is 5.80. The van der Waals surface area contributed by atoms with Crippen molar-refractivity contribution < 1.29 is 0 Å². The molecular weight excluding hydrogens is 150 g/mol. The average Bonchev–Trinajstić information content (AvgIpc) is 2.31. The maximum Gasteiger partial charge on any atom is 0.0712 e. The van der Waals surface area contributed by atoms with E-state index in [1.807, 2.05) is 29.9 Å². The number of anilines is 2. The van der Waals surface area contributed by atoms with Gasteiger partial charge in [0.2, 0.25) is 0 Å². The van der Waals surface area contributed by atoms with Gasteiger partial charge in [0.15, 0.2) is 0 Å². The number of nitrogens with two attached hydrogens (primary N) is 2. The Labute approximate surface area is 70.6 Å². The molecule has 0 spiro atoms. The average molecular weight is 161 g/mol. The van der Waals surface area contributed by atoms with E-state index >= 15 is 0 Å². The summed E-state index contributed by atoms with van der Waals surface area (Å²) in [5.74, 6) is 0. The smallest absolute Gasteiger partial charge is 0.0712 e. The Bertz CT molecular complexity index is 429. The summed E-state index contributed by atoms with van der Waals surface area (Å²) >= 11 is 0. The van der Waals surface area contributed by atoms with Gasteiger partial charge in [0, 0.05) is 24.3 Å². The standard InChI is InChI=1S/C9H11N3/c1-12-3-2-6-4-7(10)5-8(11)9(6)12/h2-5H,10-11H2,1H3. The molecule has 62 valence electrons. The van der Waals surface area contributed by atoms with E-state index in [1.54, 1.807) is 6.07 Å². The fourth-order valence-electron chi connectivity index (χ4n) is 1.51. The fourth-order valence-corrected chi connectivity index (χ4v) is 1.51. The molecule has 1 heterocycles. The first-order chi connectivity index (χ1) is 5.68. The molecule has 1 aromatic carbocycles. The first-order valence-corrected chi connectivity index (χ1v) is 3.78. The third-order valence-corrected chi connectivity index (χ3v) is 2.02. The molecule has 1 aromatic heterocycles. The van der Waals surface area contributed by atoms with Crippen molar-refractivity contribution in [2.24, 2.45) is 7.05 Å². The van der Waals surface area contributed by atoms with Crippen molar-refractivity contribution in [2.45, 2.75) is 0 Å². The summed E-state index contributed by atoms with van der Waals surface area (Å²) in [6, 6.07) is 5.70. The van der Waals surface area contributed by atoms with E-state index < -0.39 is 0 Å². The second-order valence-electron chi connectivity index (χ2n) is 2.97. The van der Waals surface area contributed by atoms with Crippen molar-refractivity contribution >= 4 is 22.3 Å². The molecule has 0 aliphatic rings. The normalized spacial score (nSPS) is 10.8. The molecule has 0 saturated carbocycles. The number of nitrogens with zero attached hydrogens (tertiary/aromatic N) is 1. The molecule has 2 aromatic rings. The molecule has 3 heteroatoms. The number of fused-ring (bicyclic) bond motifs is 1. The predicted octanol–water partition coefficient (Wildman–Crippen LogP) is 1.34. The van der Waals surface area contributed by atoms with Crippen molar-refractivity contribution in [1.82, 2.24) is 4.57 Å². The van der Waals surface area contributed by atoms with Crippen LogP contribution in [0.4, 0.5) is 11.4 Å². The van der Waals surface area contributed by atoms with Gasteiger partial charge in [-0.3, -0.25) is 0 Å². The van der Waals surface area contributed by atoms with Gasteiger partial charge in [-0.15, -0.1) is 0 Å². The molecule has 0 amide bonds. The lowest BCUT2D eigenvalue weighted by molar-refractivity contribution is 0.970. The number of hydrogen-bond acceptors (Lipinski definition) is 2. The summed E-state index contributed by atoms with van der Waals surface area (Å²) in [5.41, 5.74) is 13.9. The molecule has 2 rings (SSSR count). The summed E-state index contributed by atoms with van der Waals surface area (Å²) in [4.78, 5) is 0. The van der Waals surface area contributed by atoms with E-state index in [9.17, 15) is 0 Å². The second-order valence-corrected chi connectivity index (χ2v) is 2.97. The minimum absolute atomic E-state index is 0.714. The Hall–Kier alpha value is -1.64. The van der Waals surface area contributed by atoms with Crippen LogP contribution in [0.3, 0.4) is 0 Å². The SMILES string of the molecule is Cn1ccc2cc(N)cc(N)c21. The van der Waals surface area contributed by atoms with Gasteiger partial charge in [0.05, 0.1) is 11.2 Å². The summed E-state index contributed by atoms with van der Waals surface area (Å²) in [5, 5.41) is 1.09. The molecule has 0 aliphatic carbocycles. The molecular formula is C9H11N3. The van der Waals surface area contributed by atoms with Crippen LogP contribution in [-0.4, -0.2) is 4.57 Å². The molecule has 0 radical (unpaired) electrons. The second kappa shape index (κ2) is 2.17. The summed E-state index contributed by atoms with van der Waals surface area (Å²) in [6.07, 6.45) is 1.97. The Morgan fingerprint density at radius 3 is 2.75 bits per heavy atom. The van der Waals surface area contributed by atoms with Crippen molar-refractivity contribution in [3.05, 3.63) is 24.4 Å². The van der Waals surface area contributed by atoms with Crippen LogP contribution in [0, 0.1) is 0 Å². The van der Waals surface area contributed by atoms with Crippen LogP contribution in [0.5, 0.6) is 0 Å². The number of benzene rings is 1. The highest BCUT2D eigenvalue weighted by molar-refractivity contribution is 5.93. The van der Waals surface area contributed by atoms with E-state index in [0.717, 1.165) is 16.6 Å². The molecule has 0 aliphatic heterocycles. The highest BCUT2D eigenvalue weighted by Crippen LogP contribution is 2.24. The van der Waals surface area contributed by atoms with Crippen LogP contribution in [-0.2, 0) is 7.05 Å². The van der Waals surface area contributed by atoms with Gasteiger partial charge >= 0.3 is 0 Å². The summed E-state index contributed by atoms with van der Waals surface area (Å²) in [6.45, 7) is 0. The van der Waals surface area contributed by atoms with E-state index in [0.29, 0.717) is 5.69 Å². The molecule has 0 saturated heterocycles. The minimum Gasteiger partial charge on any atom is -0.399 e. The van der Waals surface area contributed by atoms with Crippen molar-refractivity contribution in [2.75, 3.05) is 11.5 Å². The van der Waals surface area contributed by atoms with Crippen molar-refractivity contribution in [3.8, 4) is 0 Å². The zero-order valence-electron chi connectivity index (χ0n) is 6.91. The third kappa shape index (κ3) is 0.830. The number of aryl methyl sites for hydroxylation is 1. The van der Waals surface area contributed by atoms with Gasteiger partial charge < -0.3 is 16.0 Å². The molecule has 12 heavy (non-hydrogen) atoms. The largest absolute Gasteiger partial charge is 0.399 e. The number of rotatable bonds is 0. The van der Waals surface area contributed by atoms with E-state index in [2.05, 4.69) is 0 Å². The zero-order valence-corrected chi connectivity index (χ0v) is 6.91. The lowest BCUT2D eigenvalue weighted by Gasteiger charge is -2.01. The van der Waals surface area contributed by atoms with Gasteiger partial charge in [-0.1, -0.05) is 0 Å². The molecule has 0 fully saturated rings. The Balaban J connectivity index is 2.93. The number of hydrogen-bond donors (Lipinski definition) is 2. The highest BCUT2D eigenvalue weighted by Gasteiger charge is 2.02. The fraction of sp³-hybridized carbons (Fsp3) is 0.111. The van der Waals surface area contributed by atoms with Gasteiger partial charge in [0.1, 0.15) is 0 Å². The summed E-state index contributed by atoms with van der Waals surface area (Å²) in [7, 11) is 1.97. The lowest BCUT2D eigenvalue weighted by Crippen LogP contribution is -1.94. The molecule has 3 nitrogen and oxygen atoms in total. The quantitative estimate of drug-likeness (QED) is 0.573. The molecule has 0 atom stereocenters. The zero-order chi connectivity index (χ0) is 8.72. The topological polar surface area (TPSA) is 57.0 Å². The van der Waals surface area contributed by atoms with Gasteiger partial charge in [0.25, 0.3) is 0 Å². The first-order valence-electron chi connectivity index (χ1n) is 3.78. The Morgan fingerprint density at radius 2 is 2.00 bits per heavy atom. The minimum atomic E-state index is 0.714. The molecule has 0 unspecified atom stereocenters. The van der Waals surface area contributed by atoms with Crippen LogP contribution < -0.4 is 11.5 Å². The first kappa shape index (κ1) is 7.03. The maximum absolute atomic E-state index is 5.80. The Kier molecular flexibility index (Phi) is 1.27. The molecule has 0 bridgehead atoms. The third-order valence-electron chi connectivity index (χ3n) is 2.02. The van der Waals surface area contributed by atoms with Crippen LogP contribution in [0.1, 0.15) is 0 Å². The van der Waals surface area contributed by atoms with Crippen molar-refractivity contribution in [1.29, 1.82) is 0 Å². The molecule has 4 N–H and O–H groups in total. The number of aromatic nitrogens is 1. The van der Waals surface area contributed by atoms with E-state index in [1.165, 1.54) is 0 Å². The van der Waals surface area contributed by atoms with Crippen molar-refractivity contribution in [3.63, 3.8) is 0 Å². The van der Waals surface area contributed by atoms with Gasteiger partial charge in [-0.25, -0.2) is 0 Å².